The summed E-state index contributed by atoms with van der Waals surface area (Å²) in [4.78, 5) is 4.68. The van der Waals surface area contributed by atoms with E-state index in [0.717, 1.165) is 5.56 Å². The van der Waals surface area contributed by atoms with Crippen molar-refractivity contribution in [3.63, 3.8) is 0 Å². The standard InChI is InChI=1S/C15H10ClNO2S/c16-10-5-3-4-9(8-10)15-17-14(19)13(20-15)11-6-1-2-7-12(11)18/h1-8,18-19H. The highest BCUT2D eigenvalue weighted by Crippen LogP contribution is 2.42. The molecule has 0 aliphatic carbocycles. The van der Waals surface area contributed by atoms with E-state index in [1.165, 1.54) is 11.3 Å². The third-order valence-electron chi connectivity index (χ3n) is 2.83. The average Bonchev–Trinajstić information content (AvgIpc) is 2.81. The van der Waals surface area contributed by atoms with Gasteiger partial charge < -0.3 is 10.2 Å². The Morgan fingerprint density at radius 2 is 1.80 bits per heavy atom. The summed E-state index contributed by atoms with van der Waals surface area (Å²) in [7, 11) is 0. The highest BCUT2D eigenvalue weighted by Gasteiger charge is 2.16. The van der Waals surface area contributed by atoms with Crippen molar-refractivity contribution >= 4 is 22.9 Å². The molecule has 0 radical (unpaired) electrons. The predicted octanol–water partition coefficient (Wildman–Crippen LogP) is 4.54. The van der Waals surface area contributed by atoms with Gasteiger partial charge in [-0.25, -0.2) is 4.98 Å². The zero-order valence-electron chi connectivity index (χ0n) is 10.2. The van der Waals surface area contributed by atoms with Crippen LogP contribution in [0.5, 0.6) is 11.6 Å². The molecular weight excluding hydrogens is 294 g/mol. The van der Waals surface area contributed by atoms with Crippen molar-refractivity contribution in [2.24, 2.45) is 0 Å². The van der Waals surface area contributed by atoms with Crippen LogP contribution in [0.1, 0.15) is 0 Å². The van der Waals surface area contributed by atoms with Gasteiger partial charge in [0.05, 0.1) is 0 Å². The summed E-state index contributed by atoms with van der Waals surface area (Å²) in [6.07, 6.45) is 0. The minimum absolute atomic E-state index is 0.0912. The third kappa shape index (κ3) is 2.35. The Bertz CT molecular complexity index is 770. The minimum Gasteiger partial charge on any atom is -0.507 e. The molecule has 0 bridgehead atoms. The van der Waals surface area contributed by atoms with Gasteiger partial charge in [0.1, 0.15) is 15.6 Å². The van der Waals surface area contributed by atoms with Crippen molar-refractivity contribution in [3.8, 4) is 32.6 Å². The number of thiazole rings is 1. The molecule has 100 valence electrons. The molecule has 3 aromatic rings. The highest BCUT2D eigenvalue weighted by atomic mass is 35.5. The van der Waals surface area contributed by atoms with Crippen LogP contribution >= 0.6 is 22.9 Å². The molecule has 0 unspecified atom stereocenters. The second kappa shape index (κ2) is 5.15. The average molecular weight is 304 g/mol. The molecule has 0 amide bonds. The fourth-order valence-electron chi connectivity index (χ4n) is 1.90. The number of rotatable bonds is 2. The predicted molar refractivity (Wildman–Crippen MR) is 81.3 cm³/mol. The number of hydrogen-bond acceptors (Lipinski definition) is 4. The Balaban J connectivity index is 2.10. The first-order valence-corrected chi connectivity index (χ1v) is 7.08. The van der Waals surface area contributed by atoms with Crippen LogP contribution in [0.3, 0.4) is 0 Å². The van der Waals surface area contributed by atoms with Crippen LogP contribution in [-0.2, 0) is 0 Å². The monoisotopic (exact) mass is 303 g/mol. The number of halogens is 1. The van der Waals surface area contributed by atoms with Crippen molar-refractivity contribution in [2.75, 3.05) is 0 Å². The van der Waals surface area contributed by atoms with Crippen molar-refractivity contribution in [3.05, 3.63) is 53.6 Å². The zero-order chi connectivity index (χ0) is 14.1. The lowest BCUT2D eigenvalue weighted by Crippen LogP contribution is -1.75. The van der Waals surface area contributed by atoms with Gasteiger partial charge in [-0.15, -0.1) is 11.3 Å². The molecule has 3 nitrogen and oxygen atoms in total. The van der Waals surface area contributed by atoms with Crippen LogP contribution in [0.4, 0.5) is 0 Å². The summed E-state index contributed by atoms with van der Waals surface area (Å²) in [5.41, 5.74) is 1.40. The number of benzene rings is 2. The summed E-state index contributed by atoms with van der Waals surface area (Å²) < 4.78 is 0. The smallest absolute Gasteiger partial charge is 0.230 e. The maximum absolute atomic E-state index is 10.00. The number of phenols is 1. The molecule has 0 saturated carbocycles. The quantitative estimate of drug-likeness (QED) is 0.730. The molecule has 2 aromatic carbocycles. The van der Waals surface area contributed by atoms with Crippen molar-refractivity contribution in [1.29, 1.82) is 0 Å². The molecule has 0 aliphatic rings. The summed E-state index contributed by atoms with van der Waals surface area (Å²) in [5.74, 6) is 0.0237. The molecule has 0 spiro atoms. The first-order chi connectivity index (χ1) is 9.65. The molecule has 3 rings (SSSR count). The van der Waals surface area contributed by atoms with Gasteiger partial charge in [0, 0.05) is 16.1 Å². The van der Waals surface area contributed by atoms with Crippen LogP contribution < -0.4 is 0 Å². The lowest BCUT2D eigenvalue weighted by molar-refractivity contribution is 0.456. The first kappa shape index (κ1) is 13.0. The lowest BCUT2D eigenvalue weighted by atomic mass is 10.2. The summed E-state index contributed by atoms with van der Waals surface area (Å²) in [6.45, 7) is 0. The van der Waals surface area contributed by atoms with Crippen LogP contribution in [0.25, 0.3) is 21.0 Å². The van der Waals surface area contributed by atoms with Gasteiger partial charge in [-0.2, -0.15) is 0 Å². The van der Waals surface area contributed by atoms with Gasteiger partial charge in [0.15, 0.2) is 0 Å². The number of aromatic hydroxyl groups is 2. The molecule has 0 saturated heterocycles. The molecule has 0 aliphatic heterocycles. The van der Waals surface area contributed by atoms with E-state index in [1.54, 1.807) is 36.4 Å². The zero-order valence-corrected chi connectivity index (χ0v) is 11.8. The summed E-state index contributed by atoms with van der Waals surface area (Å²) in [6, 6.07) is 14.1. The third-order valence-corrected chi connectivity index (χ3v) is 4.19. The molecule has 2 N–H and O–H groups in total. The SMILES string of the molecule is Oc1ccccc1-c1sc(-c2cccc(Cl)c2)nc1O. The maximum atomic E-state index is 10.00. The highest BCUT2D eigenvalue weighted by molar-refractivity contribution is 7.18. The van der Waals surface area contributed by atoms with E-state index in [1.807, 2.05) is 12.1 Å². The van der Waals surface area contributed by atoms with Crippen LogP contribution in [0.15, 0.2) is 48.5 Å². The first-order valence-electron chi connectivity index (χ1n) is 5.89. The molecule has 0 atom stereocenters. The van der Waals surface area contributed by atoms with Crippen LogP contribution in [0.2, 0.25) is 5.02 Å². The number of hydrogen-bond donors (Lipinski definition) is 2. The van der Waals surface area contributed by atoms with Gasteiger partial charge in [0.25, 0.3) is 0 Å². The van der Waals surface area contributed by atoms with Gasteiger partial charge in [-0.05, 0) is 24.3 Å². The molecule has 0 fully saturated rings. The molecular formula is C15H10ClNO2S. The van der Waals surface area contributed by atoms with E-state index in [-0.39, 0.29) is 11.6 Å². The van der Waals surface area contributed by atoms with Gasteiger partial charge >= 0.3 is 0 Å². The number of aromatic nitrogens is 1. The Morgan fingerprint density at radius 1 is 1.00 bits per heavy atom. The fraction of sp³-hybridized carbons (Fsp3) is 0. The van der Waals surface area contributed by atoms with Crippen molar-refractivity contribution in [1.82, 2.24) is 4.98 Å². The minimum atomic E-state index is -0.0912. The molecule has 1 aromatic heterocycles. The molecule has 5 heteroatoms. The van der Waals surface area contributed by atoms with Gasteiger partial charge in [-0.3, -0.25) is 0 Å². The lowest BCUT2D eigenvalue weighted by Gasteiger charge is -2.00. The summed E-state index contributed by atoms with van der Waals surface area (Å²) in [5, 5.41) is 21.1. The van der Waals surface area contributed by atoms with E-state index in [2.05, 4.69) is 4.98 Å². The van der Waals surface area contributed by atoms with E-state index in [4.69, 9.17) is 11.6 Å². The normalized spacial score (nSPS) is 10.7. The van der Waals surface area contributed by atoms with Gasteiger partial charge in [-0.1, -0.05) is 35.9 Å². The van der Waals surface area contributed by atoms with E-state index in [9.17, 15) is 10.2 Å². The largest absolute Gasteiger partial charge is 0.507 e. The fourth-order valence-corrected chi connectivity index (χ4v) is 3.08. The van der Waals surface area contributed by atoms with Crippen LogP contribution in [0, 0.1) is 0 Å². The maximum Gasteiger partial charge on any atom is 0.230 e. The molecule has 20 heavy (non-hydrogen) atoms. The Kier molecular flexibility index (Phi) is 3.34. The Labute approximate surface area is 124 Å². The van der Waals surface area contributed by atoms with E-state index >= 15 is 0 Å². The van der Waals surface area contributed by atoms with E-state index < -0.39 is 0 Å². The van der Waals surface area contributed by atoms with Gasteiger partial charge in [0.2, 0.25) is 5.88 Å². The van der Waals surface area contributed by atoms with Crippen molar-refractivity contribution in [2.45, 2.75) is 0 Å². The Hall–Kier alpha value is -2.04. The Morgan fingerprint density at radius 3 is 2.55 bits per heavy atom. The number of phenolic OH excluding ortho intramolecular Hbond substituents is 1. The van der Waals surface area contributed by atoms with E-state index in [0.29, 0.717) is 20.5 Å². The van der Waals surface area contributed by atoms with Crippen molar-refractivity contribution < 1.29 is 10.2 Å². The number of para-hydroxylation sites is 1. The topological polar surface area (TPSA) is 53.4 Å². The summed E-state index contributed by atoms with van der Waals surface area (Å²) >= 11 is 7.27. The molecule has 1 heterocycles. The second-order valence-electron chi connectivity index (χ2n) is 4.20. The second-order valence-corrected chi connectivity index (χ2v) is 5.63. The number of nitrogens with zero attached hydrogens (tertiary/aromatic N) is 1. The van der Waals surface area contributed by atoms with Crippen LogP contribution in [-0.4, -0.2) is 15.2 Å².